The molecule has 0 saturated carbocycles. The molecule has 0 aliphatic rings. The Labute approximate surface area is 121 Å². The van der Waals surface area contributed by atoms with Gasteiger partial charge in [-0.1, -0.05) is 12.2 Å². The summed E-state index contributed by atoms with van der Waals surface area (Å²) in [6, 6.07) is 5.23. The summed E-state index contributed by atoms with van der Waals surface area (Å²) in [6.45, 7) is 6.04. The molecule has 20 heavy (non-hydrogen) atoms. The van der Waals surface area contributed by atoms with E-state index in [0.29, 0.717) is 6.54 Å². The highest BCUT2D eigenvalue weighted by molar-refractivity contribution is 7.80. The standard InChI is InChI=1S/C12H14N4O3S/c1-8(2)7-13-12(20)15-14-11(17)9-3-5-10(6-4-9)16(18)19/h3-6H,1,7H2,2H3,(H,14,17)(H2,13,15,20). The van der Waals surface area contributed by atoms with Gasteiger partial charge in [-0.25, -0.2) is 0 Å². The van der Waals surface area contributed by atoms with Gasteiger partial charge < -0.3 is 5.32 Å². The number of nitrogens with zero attached hydrogens (tertiary/aromatic N) is 1. The third kappa shape index (κ3) is 5.02. The van der Waals surface area contributed by atoms with Gasteiger partial charge in [0.05, 0.1) is 4.92 Å². The predicted molar refractivity (Wildman–Crippen MR) is 79.1 cm³/mol. The van der Waals surface area contributed by atoms with Crippen LogP contribution in [0.2, 0.25) is 0 Å². The molecule has 1 amide bonds. The van der Waals surface area contributed by atoms with Crippen molar-refractivity contribution in [1.82, 2.24) is 16.2 Å². The molecule has 0 unspecified atom stereocenters. The summed E-state index contributed by atoms with van der Waals surface area (Å²) in [5, 5.41) is 13.6. The molecule has 1 rings (SSSR count). The maximum atomic E-state index is 11.7. The second kappa shape index (κ2) is 7.19. The third-order valence-electron chi connectivity index (χ3n) is 2.18. The zero-order valence-corrected chi connectivity index (χ0v) is 11.6. The average molecular weight is 294 g/mol. The fourth-order valence-electron chi connectivity index (χ4n) is 1.20. The Hall–Kier alpha value is -2.48. The Kier molecular flexibility index (Phi) is 5.60. The maximum Gasteiger partial charge on any atom is 0.269 e. The highest BCUT2D eigenvalue weighted by Crippen LogP contribution is 2.11. The van der Waals surface area contributed by atoms with Gasteiger partial charge in [-0.05, 0) is 31.3 Å². The molecule has 0 aliphatic heterocycles. The monoisotopic (exact) mass is 294 g/mol. The number of hydrazine groups is 1. The SMILES string of the molecule is C=C(C)CNC(=S)NNC(=O)c1ccc([N+](=O)[O-])cc1. The van der Waals surface area contributed by atoms with E-state index >= 15 is 0 Å². The van der Waals surface area contributed by atoms with E-state index in [2.05, 4.69) is 22.7 Å². The molecular formula is C12H14N4O3S. The first-order valence-corrected chi connectivity index (χ1v) is 6.04. The number of hydrogen-bond acceptors (Lipinski definition) is 4. The zero-order valence-electron chi connectivity index (χ0n) is 10.8. The number of nitro benzene ring substituents is 1. The number of carbonyl (C=O) groups excluding carboxylic acids is 1. The molecule has 8 heteroatoms. The average Bonchev–Trinajstić information content (AvgIpc) is 2.42. The second-order valence-corrected chi connectivity index (χ2v) is 4.43. The van der Waals surface area contributed by atoms with E-state index in [1.54, 1.807) is 0 Å². The van der Waals surface area contributed by atoms with Gasteiger partial charge in [0.2, 0.25) is 0 Å². The van der Waals surface area contributed by atoms with Crippen LogP contribution >= 0.6 is 12.2 Å². The number of nitro groups is 1. The van der Waals surface area contributed by atoms with Crippen molar-refractivity contribution in [2.45, 2.75) is 6.92 Å². The minimum atomic E-state index is -0.531. The molecular weight excluding hydrogens is 280 g/mol. The van der Waals surface area contributed by atoms with Crippen molar-refractivity contribution < 1.29 is 9.72 Å². The lowest BCUT2D eigenvalue weighted by Crippen LogP contribution is -2.47. The van der Waals surface area contributed by atoms with E-state index < -0.39 is 10.8 Å². The number of amides is 1. The molecule has 0 bridgehead atoms. The zero-order chi connectivity index (χ0) is 15.1. The van der Waals surface area contributed by atoms with Crippen molar-refractivity contribution in [2.75, 3.05) is 6.54 Å². The second-order valence-electron chi connectivity index (χ2n) is 4.02. The Morgan fingerprint density at radius 2 is 1.95 bits per heavy atom. The normalized spacial score (nSPS) is 9.45. The van der Waals surface area contributed by atoms with Gasteiger partial charge in [0, 0.05) is 24.2 Å². The van der Waals surface area contributed by atoms with Crippen molar-refractivity contribution in [3.8, 4) is 0 Å². The molecule has 0 heterocycles. The molecule has 1 aromatic carbocycles. The molecule has 7 nitrogen and oxygen atoms in total. The lowest BCUT2D eigenvalue weighted by Gasteiger charge is -2.11. The summed E-state index contributed by atoms with van der Waals surface area (Å²) in [5.74, 6) is -0.445. The Balaban J connectivity index is 2.48. The van der Waals surface area contributed by atoms with Gasteiger partial charge >= 0.3 is 0 Å². The van der Waals surface area contributed by atoms with E-state index in [-0.39, 0.29) is 16.4 Å². The molecule has 0 spiro atoms. The van der Waals surface area contributed by atoms with Crippen molar-refractivity contribution in [2.24, 2.45) is 0 Å². The maximum absolute atomic E-state index is 11.7. The Bertz CT molecular complexity index is 542. The molecule has 0 saturated heterocycles. The summed E-state index contributed by atoms with van der Waals surface area (Å²) in [4.78, 5) is 21.7. The van der Waals surface area contributed by atoms with Crippen molar-refractivity contribution >= 4 is 28.9 Å². The van der Waals surface area contributed by atoms with Gasteiger partial charge in [0.25, 0.3) is 11.6 Å². The number of carbonyl (C=O) groups is 1. The van der Waals surface area contributed by atoms with Crippen LogP contribution in [0.25, 0.3) is 0 Å². The smallest absolute Gasteiger partial charge is 0.269 e. The number of non-ortho nitro benzene ring substituents is 1. The van der Waals surface area contributed by atoms with E-state index in [4.69, 9.17) is 12.2 Å². The van der Waals surface area contributed by atoms with Gasteiger partial charge in [0.1, 0.15) is 0 Å². The number of nitrogens with one attached hydrogen (secondary N) is 3. The molecule has 106 valence electrons. The van der Waals surface area contributed by atoms with Crippen LogP contribution in [0.4, 0.5) is 5.69 Å². The lowest BCUT2D eigenvalue weighted by molar-refractivity contribution is -0.384. The van der Waals surface area contributed by atoms with Gasteiger partial charge in [-0.3, -0.25) is 25.8 Å². The van der Waals surface area contributed by atoms with Gasteiger partial charge in [0.15, 0.2) is 5.11 Å². The van der Waals surface area contributed by atoms with E-state index in [1.165, 1.54) is 24.3 Å². The summed E-state index contributed by atoms with van der Waals surface area (Å²) in [6.07, 6.45) is 0. The molecule has 3 N–H and O–H groups in total. The highest BCUT2D eigenvalue weighted by Gasteiger charge is 2.09. The van der Waals surface area contributed by atoms with Gasteiger partial charge in [-0.2, -0.15) is 0 Å². The van der Waals surface area contributed by atoms with Crippen molar-refractivity contribution in [3.05, 3.63) is 52.1 Å². The molecule has 1 aromatic rings. The molecule has 0 aliphatic carbocycles. The lowest BCUT2D eigenvalue weighted by atomic mass is 10.2. The number of hydrogen-bond donors (Lipinski definition) is 3. The van der Waals surface area contributed by atoms with E-state index in [0.717, 1.165) is 5.57 Å². The van der Waals surface area contributed by atoms with Crippen LogP contribution in [0.15, 0.2) is 36.4 Å². The molecule has 0 radical (unpaired) electrons. The first-order chi connectivity index (χ1) is 9.40. The minimum Gasteiger partial charge on any atom is -0.358 e. The summed E-state index contributed by atoms with van der Waals surface area (Å²) >= 11 is 4.93. The van der Waals surface area contributed by atoms with Crippen LogP contribution in [-0.2, 0) is 0 Å². The van der Waals surface area contributed by atoms with E-state index in [9.17, 15) is 14.9 Å². The highest BCUT2D eigenvalue weighted by atomic mass is 32.1. The van der Waals surface area contributed by atoms with E-state index in [1.807, 2.05) is 6.92 Å². The largest absolute Gasteiger partial charge is 0.358 e. The summed E-state index contributed by atoms with van der Waals surface area (Å²) in [5.41, 5.74) is 6.00. The predicted octanol–water partition coefficient (Wildman–Crippen LogP) is 1.28. The van der Waals surface area contributed by atoms with Crippen LogP contribution in [-0.4, -0.2) is 22.5 Å². The Morgan fingerprint density at radius 1 is 1.35 bits per heavy atom. The topological polar surface area (TPSA) is 96.3 Å². The molecule has 0 fully saturated rings. The fraction of sp³-hybridized carbons (Fsp3) is 0.167. The number of rotatable bonds is 4. The van der Waals surface area contributed by atoms with Crippen LogP contribution < -0.4 is 16.2 Å². The van der Waals surface area contributed by atoms with Crippen LogP contribution in [0.3, 0.4) is 0 Å². The third-order valence-corrected chi connectivity index (χ3v) is 2.43. The summed E-state index contributed by atoms with van der Waals surface area (Å²) < 4.78 is 0. The number of benzene rings is 1. The van der Waals surface area contributed by atoms with Crippen LogP contribution in [0, 0.1) is 10.1 Å². The van der Waals surface area contributed by atoms with Gasteiger partial charge in [-0.15, -0.1) is 0 Å². The minimum absolute atomic E-state index is 0.0758. The fourth-order valence-corrected chi connectivity index (χ4v) is 1.32. The van der Waals surface area contributed by atoms with Crippen molar-refractivity contribution in [1.29, 1.82) is 0 Å². The Morgan fingerprint density at radius 3 is 2.45 bits per heavy atom. The molecule has 0 atom stereocenters. The van der Waals surface area contributed by atoms with Crippen LogP contribution in [0.1, 0.15) is 17.3 Å². The molecule has 0 aromatic heterocycles. The first-order valence-electron chi connectivity index (χ1n) is 5.63. The van der Waals surface area contributed by atoms with Crippen molar-refractivity contribution in [3.63, 3.8) is 0 Å². The first kappa shape index (κ1) is 15.6. The summed E-state index contributed by atoms with van der Waals surface area (Å²) in [7, 11) is 0. The van der Waals surface area contributed by atoms with Crippen LogP contribution in [0.5, 0.6) is 0 Å². The quantitative estimate of drug-likeness (QED) is 0.335. The number of thiocarbonyl (C=S) groups is 1.